The van der Waals surface area contributed by atoms with Crippen LogP contribution in [0.1, 0.15) is 18.6 Å². The Bertz CT molecular complexity index is 296. The van der Waals surface area contributed by atoms with Crippen molar-refractivity contribution in [2.45, 2.75) is 19.4 Å². The van der Waals surface area contributed by atoms with Crippen molar-refractivity contribution < 1.29 is 4.42 Å². The lowest BCUT2D eigenvalue weighted by molar-refractivity contribution is 0.105. The number of hydrogen-bond acceptors (Lipinski definition) is 4. The van der Waals surface area contributed by atoms with Crippen LogP contribution in [0.5, 0.6) is 0 Å². The molecule has 0 aromatic carbocycles. The normalized spacial score (nSPS) is 21.1. The average molecular weight is 223 g/mol. The Labute approximate surface area is 96.6 Å². The first-order valence-electron chi connectivity index (χ1n) is 5.93. The predicted octanol–water partition coefficient (Wildman–Crippen LogP) is 0.779. The van der Waals surface area contributed by atoms with Gasteiger partial charge in [-0.3, -0.25) is 4.90 Å². The Balaban J connectivity index is 1.85. The largest absolute Gasteiger partial charge is 0.468 e. The molecule has 2 rings (SSSR count). The lowest BCUT2D eigenvalue weighted by Gasteiger charge is -2.40. The maximum absolute atomic E-state index is 5.81. The predicted molar refractivity (Wildman–Crippen MR) is 63.8 cm³/mol. The lowest BCUT2D eigenvalue weighted by Crippen LogP contribution is -2.47. The summed E-state index contributed by atoms with van der Waals surface area (Å²) in [6.07, 6.45) is 3.92. The van der Waals surface area contributed by atoms with E-state index >= 15 is 0 Å². The zero-order valence-corrected chi connectivity index (χ0v) is 9.69. The highest BCUT2D eigenvalue weighted by Gasteiger charge is 2.32. The van der Waals surface area contributed by atoms with Crippen LogP contribution in [-0.4, -0.2) is 31.1 Å². The molecule has 4 nitrogen and oxygen atoms in total. The van der Waals surface area contributed by atoms with E-state index in [0.717, 1.165) is 38.2 Å². The summed E-state index contributed by atoms with van der Waals surface area (Å²) in [5.74, 6) is 1.04. The molecule has 1 aromatic heterocycles. The summed E-state index contributed by atoms with van der Waals surface area (Å²) >= 11 is 0. The van der Waals surface area contributed by atoms with E-state index in [1.165, 1.54) is 0 Å². The van der Waals surface area contributed by atoms with E-state index in [9.17, 15) is 0 Å². The Kier molecular flexibility index (Phi) is 3.63. The van der Waals surface area contributed by atoms with E-state index in [1.54, 1.807) is 6.26 Å². The van der Waals surface area contributed by atoms with Gasteiger partial charge in [0.15, 0.2) is 0 Å². The van der Waals surface area contributed by atoms with E-state index < -0.39 is 0 Å². The number of hydrogen-bond donors (Lipinski definition) is 2. The van der Waals surface area contributed by atoms with Crippen LogP contribution in [0.4, 0.5) is 0 Å². The summed E-state index contributed by atoms with van der Waals surface area (Å²) in [6.45, 7) is 4.44. The van der Waals surface area contributed by atoms with Crippen molar-refractivity contribution in [3.05, 3.63) is 24.2 Å². The first-order chi connectivity index (χ1) is 7.78. The highest BCUT2D eigenvalue weighted by molar-refractivity contribution is 4.99. The van der Waals surface area contributed by atoms with Gasteiger partial charge in [-0.25, -0.2) is 0 Å². The van der Waals surface area contributed by atoms with Gasteiger partial charge in [0.1, 0.15) is 5.76 Å². The minimum Gasteiger partial charge on any atom is -0.468 e. The molecule has 1 aromatic rings. The van der Waals surface area contributed by atoms with Crippen LogP contribution in [0, 0.1) is 5.41 Å². The third-order valence-electron chi connectivity index (χ3n) is 3.74. The van der Waals surface area contributed by atoms with Crippen molar-refractivity contribution in [1.29, 1.82) is 0 Å². The van der Waals surface area contributed by atoms with Crippen LogP contribution >= 0.6 is 0 Å². The fourth-order valence-corrected chi connectivity index (χ4v) is 2.30. The van der Waals surface area contributed by atoms with Crippen molar-refractivity contribution in [3.8, 4) is 0 Å². The topological polar surface area (TPSA) is 68.4 Å². The van der Waals surface area contributed by atoms with Gasteiger partial charge in [-0.2, -0.15) is 0 Å². The van der Waals surface area contributed by atoms with Gasteiger partial charge in [-0.1, -0.05) is 0 Å². The molecule has 4 heteroatoms. The molecule has 0 spiro atoms. The molecule has 0 aliphatic carbocycles. The zero-order chi connectivity index (χ0) is 11.4. The van der Waals surface area contributed by atoms with E-state index in [-0.39, 0.29) is 5.41 Å². The van der Waals surface area contributed by atoms with Crippen LogP contribution in [0.2, 0.25) is 0 Å². The second-order valence-electron chi connectivity index (χ2n) is 4.76. The average Bonchev–Trinajstić information content (AvgIpc) is 2.83. The molecule has 2 heterocycles. The van der Waals surface area contributed by atoms with Crippen molar-refractivity contribution in [2.75, 3.05) is 26.2 Å². The van der Waals surface area contributed by atoms with Crippen molar-refractivity contribution in [1.82, 2.24) is 4.90 Å². The van der Waals surface area contributed by atoms with Gasteiger partial charge in [0.05, 0.1) is 12.8 Å². The molecule has 1 fully saturated rings. The van der Waals surface area contributed by atoms with Crippen LogP contribution in [-0.2, 0) is 6.54 Å². The zero-order valence-electron chi connectivity index (χ0n) is 9.69. The van der Waals surface area contributed by atoms with Crippen LogP contribution in [0.15, 0.2) is 22.8 Å². The van der Waals surface area contributed by atoms with E-state index in [2.05, 4.69) is 4.90 Å². The van der Waals surface area contributed by atoms with Crippen LogP contribution in [0.3, 0.4) is 0 Å². The number of nitrogens with two attached hydrogens (primary N) is 2. The lowest BCUT2D eigenvalue weighted by atomic mass is 9.78. The second kappa shape index (κ2) is 4.99. The van der Waals surface area contributed by atoms with Gasteiger partial charge in [-0.15, -0.1) is 0 Å². The number of nitrogens with zero attached hydrogens (tertiary/aromatic N) is 1. The third kappa shape index (κ3) is 2.45. The molecule has 0 unspecified atom stereocenters. The molecule has 0 saturated carbocycles. The molecule has 4 N–H and O–H groups in total. The molecule has 1 aliphatic rings. The summed E-state index contributed by atoms with van der Waals surface area (Å²) in [6, 6.07) is 3.96. The number of rotatable bonds is 4. The molecule has 0 amide bonds. The SMILES string of the molecule is NCC1(CN)CCN(Cc2ccco2)CC1. The third-order valence-corrected chi connectivity index (χ3v) is 3.74. The quantitative estimate of drug-likeness (QED) is 0.791. The Morgan fingerprint density at radius 2 is 1.94 bits per heavy atom. The summed E-state index contributed by atoms with van der Waals surface area (Å²) in [5, 5.41) is 0. The highest BCUT2D eigenvalue weighted by Crippen LogP contribution is 2.29. The summed E-state index contributed by atoms with van der Waals surface area (Å²) in [5.41, 5.74) is 11.8. The van der Waals surface area contributed by atoms with Crippen molar-refractivity contribution in [3.63, 3.8) is 0 Å². The van der Waals surface area contributed by atoms with Gasteiger partial charge in [-0.05, 0) is 56.6 Å². The number of furan rings is 1. The Morgan fingerprint density at radius 3 is 2.44 bits per heavy atom. The minimum atomic E-state index is 0.180. The summed E-state index contributed by atoms with van der Waals surface area (Å²) < 4.78 is 5.35. The van der Waals surface area contributed by atoms with Crippen LogP contribution < -0.4 is 11.5 Å². The first-order valence-corrected chi connectivity index (χ1v) is 5.93. The van der Waals surface area contributed by atoms with Gasteiger partial charge in [0.25, 0.3) is 0 Å². The van der Waals surface area contributed by atoms with Crippen molar-refractivity contribution >= 4 is 0 Å². The minimum absolute atomic E-state index is 0.180. The number of likely N-dealkylation sites (tertiary alicyclic amines) is 1. The fourth-order valence-electron chi connectivity index (χ4n) is 2.30. The van der Waals surface area contributed by atoms with E-state index in [4.69, 9.17) is 15.9 Å². The molecule has 0 radical (unpaired) electrons. The molecule has 0 bridgehead atoms. The van der Waals surface area contributed by atoms with Gasteiger partial charge in [0, 0.05) is 0 Å². The molecule has 90 valence electrons. The highest BCUT2D eigenvalue weighted by atomic mass is 16.3. The standard InChI is InChI=1S/C12H21N3O/c13-9-12(10-14)3-5-15(6-4-12)8-11-2-1-7-16-11/h1-2,7H,3-6,8-10,13-14H2. The monoisotopic (exact) mass is 223 g/mol. The fraction of sp³-hybridized carbons (Fsp3) is 0.667. The molecular weight excluding hydrogens is 202 g/mol. The molecule has 1 saturated heterocycles. The second-order valence-corrected chi connectivity index (χ2v) is 4.76. The Hall–Kier alpha value is -0.840. The molecular formula is C12H21N3O. The van der Waals surface area contributed by atoms with Gasteiger partial charge in [0.2, 0.25) is 0 Å². The Morgan fingerprint density at radius 1 is 1.25 bits per heavy atom. The van der Waals surface area contributed by atoms with Gasteiger partial charge >= 0.3 is 0 Å². The summed E-state index contributed by atoms with van der Waals surface area (Å²) in [7, 11) is 0. The van der Waals surface area contributed by atoms with Crippen molar-refractivity contribution in [2.24, 2.45) is 16.9 Å². The molecule has 0 atom stereocenters. The summed E-state index contributed by atoms with van der Waals surface area (Å²) in [4.78, 5) is 2.41. The smallest absolute Gasteiger partial charge is 0.117 e. The molecule has 16 heavy (non-hydrogen) atoms. The van der Waals surface area contributed by atoms with Gasteiger partial charge < -0.3 is 15.9 Å². The number of piperidine rings is 1. The van der Waals surface area contributed by atoms with Crippen LogP contribution in [0.25, 0.3) is 0 Å². The maximum atomic E-state index is 5.81. The first kappa shape index (κ1) is 11.6. The molecule has 1 aliphatic heterocycles. The van der Waals surface area contributed by atoms with E-state index in [0.29, 0.717) is 13.1 Å². The van der Waals surface area contributed by atoms with E-state index in [1.807, 2.05) is 12.1 Å². The maximum Gasteiger partial charge on any atom is 0.117 e.